The molecule has 2 aromatic rings. The molecular formula is C10H14N6O2. The first-order chi connectivity index (χ1) is 8.63. The molecule has 3 N–H and O–H groups in total. The van der Waals surface area contributed by atoms with Gasteiger partial charge in [-0.2, -0.15) is 10.1 Å². The van der Waals surface area contributed by atoms with Crippen molar-refractivity contribution < 1.29 is 9.32 Å². The molecule has 2 rings (SSSR count). The maximum atomic E-state index is 11.5. The van der Waals surface area contributed by atoms with Gasteiger partial charge in [0.15, 0.2) is 5.82 Å². The summed E-state index contributed by atoms with van der Waals surface area (Å²) in [6.45, 7) is 2.32. The van der Waals surface area contributed by atoms with Crippen LogP contribution >= 0.6 is 0 Å². The summed E-state index contributed by atoms with van der Waals surface area (Å²) in [6.07, 6.45) is 3.60. The van der Waals surface area contributed by atoms with Gasteiger partial charge in [-0.1, -0.05) is 5.16 Å². The zero-order valence-electron chi connectivity index (χ0n) is 9.96. The molecule has 0 fully saturated rings. The molecule has 18 heavy (non-hydrogen) atoms. The maximum Gasteiger partial charge on any atom is 0.241 e. The van der Waals surface area contributed by atoms with Crippen molar-refractivity contribution in [3.63, 3.8) is 0 Å². The molecule has 0 spiro atoms. The fraction of sp³-hybridized carbons (Fsp3) is 0.400. The number of aryl methyl sites for hydroxylation is 1. The Morgan fingerprint density at radius 3 is 3.06 bits per heavy atom. The highest BCUT2D eigenvalue weighted by molar-refractivity contribution is 5.75. The number of rotatable bonds is 5. The van der Waals surface area contributed by atoms with Crippen molar-refractivity contribution in [3.8, 4) is 0 Å². The number of aromatic nitrogens is 4. The fourth-order valence-corrected chi connectivity index (χ4v) is 1.42. The summed E-state index contributed by atoms with van der Waals surface area (Å²) in [5.74, 6) is 0.953. The van der Waals surface area contributed by atoms with Crippen LogP contribution in [0.5, 0.6) is 0 Å². The molecule has 1 amide bonds. The van der Waals surface area contributed by atoms with Gasteiger partial charge in [-0.3, -0.25) is 9.48 Å². The molecule has 0 radical (unpaired) electrons. The Morgan fingerprint density at radius 2 is 2.44 bits per heavy atom. The Bertz CT molecular complexity index is 532. The third-order valence-electron chi connectivity index (χ3n) is 2.19. The Labute approximate surface area is 103 Å². The molecule has 0 aliphatic rings. The normalized spacial score (nSPS) is 10.5. The van der Waals surface area contributed by atoms with Gasteiger partial charge >= 0.3 is 0 Å². The van der Waals surface area contributed by atoms with Crippen molar-refractivity contribution in [2.45, 2.75) is 19.9 Å². The highest BCUT2D eigenvalue weighted by atomic mass is 16.5. The number of hydrogen-bond donors (Lipinski definition) is 2. The minimum Gasteiger partial charge on any atom is -0.396 e. The monoisotopic (exact) mass is 250 g/mol. The molecule has 0 aliphatic carbocycles. The SMILES string of the molecule is Cc1noc(CCNC(=O)Cn2cc(N)cn2)n1. The number of carbonyl (C=O) groups excluding carboxylic acids is 1. The van der Waals surface area contributed by atoms with Crippen LogP contribution in [-0.2, 0) is 17.8 Å². The Hall–Kier alpha value is -2.38. The molecule has 0 atom stereocenters. The fourth-order valence-electron chi connectivity index (χ4n) is 1.42. The van der Waals surface area contributed by atoms with E-state index in [2.05, 4.69) is 20.6 Å². The van der Waals surface area contributed by atoms with Crippen molar-refractivity contribution in [2.24, 2.45) is 0 Å². The highest BCUT2D eigenvalue weighted by Crippen LogP contribution is 1.98. The van der Waals surface area contributed by atoms with E-state index in [0.29, 0.717) is 30.4 Å². The van der Waals surface area contributed by atoms with Gasteiger partial charge in [0, 0.05) is 19.2 Å². The highest BCUT2D eigenvalue weighted by Gasteiger charge is 2.06. The number of carbonyl (C=O) groups is 1. The maximum absolute atomic E-state index is 11.5. The Kier molecular flexibility index (Phi) is 3.56. The van der Waals surface area contributed by atoms with Gasteiger partial charge in [-0.25, -0.2) is 0 Å². The number of nitrogens with zero attached hydrogens (tertiary/aromatic N) is 4. The molecule has 96 valence electrons. The molecule has 8 heteroatoms. The molecule has 0 saturated heterocycles. The van der Waals surface area contributed by atoms with E-state index in [1.165, 1.54) is 10.9 Å². The molecule has 0 unspecified atom stereocenters. The molecule has 8 nitrogen and oxygen atoms in total. The number of amides is 1. The average molecular weight is 250 g/mol. The van der Waals surface area contributed by atoms with E-state index in [-0.39, 0.29) is 12.5 Å². The first kappa shape index (κ1) is 12.1. The van der Waals surface area contributed by atoms with E-state index < -0.39 is 0 Å². The lowest BCUT2D eigenvalue weighted by atomic mass is 10.4. The average Bonchev–Trinajstić information content (AvgIpc) is 2.88. The predicted octanol–water partition coefficient (Wildman–Crippen LogP) is -0.484. The van der Waals surface area contributed by atoms with Gasteiger partial charge < -0.3 is 15.6 Å². The molecule has 0 aromatic carbocycles. The number of hydrogen-bond acceptors (Lipinski definition) is 6. The minimum atomic E-state index is -0.144. The standard InChI is InChI=1S/C10H14N6O2/c1-7-14-10(18-15-7)2-3-12-9(17)6-16-5-8(11)4-13-16/h4-5H,2-3,6,11H2,1H3,(H,12,17). The zero-order valence-corrected chi connectivity index (χ0v) is 9.96. The van der Waals surface area contributed by atoms with Crippen LogP contribution < -0.4 is 11.1 Å². The lowest BCUT2D eigenvalue weighted by Crippen LogP contribution is -2.29. The van der Waals surface area contributed by atoms with Gasteiger partial charge in [0.2, 0.25) is 11.8 Å². The lowest BCUT2D eigenvalue weighted by molar-refractivity contribution is -0.121. The Balaban J connectivity index is 1.72. The second-order valence-corrected chi connectivity index (χ2v) is 3.81. The number of nitrogen functional groups attached to an aromatic ring is 1. The smallest absolute Gasteiger partial charge is 0.241 e. The van der Waals surface area contributed by atoms with Crippen LogP contribution in [0, 0.1) is 6.92 Å². The van der Waals surface area contributed by atoms with Crippen LogP contribution in [0.4, 0.5) is 5.69 Å². The summed E-state index contributed by atoms with van der Waals surface area (Å²) in [5, 5.41) is 10.3. The van der Waals surface area contributed by atoms with Gasteiger partial charge in [0.25, 0.3) is 0 Å². The summed E-state index contributed by atoms with van der Waals surface area (Å²) < 4.78 is 6.39. The van der Waals surface area contributed by atoms with E-state index in [0.717, 1.165) is 0 Å². The van der Waals surface area contributed by atoms with E-state index in [9.17, 15) is 4.79 Å². The van der Waals surface area contributed by atoms with Crippen molar-refractivity contribution >= 4 is 11.6 Å². The van der Waals surface area contributed by atoms with Crippen LogP contribution in [0.25, 0.3) is 0 Å². The number of nitrogens with two attached hydrogens (primary N) is 1. The van der Waals surface area contributed by atoms with Gasteiger partial charge in [-0.15, -0.1) is 0 Å². The van der Waals surface area contributed by atoms with Gasteiger partial charge in [0.1, 0.15) is 6.54 Å². The topological polar surface area (TPSA) is 112 Å². The van der Waals surface area contributed by atoms with Crippen LogP contribution in [0.3, 0.4) is 0 Å². The molecule has 2 heterocycles. The van der Waals surface area contributed by atoms with Crippen LogP contribution in [-0.4, -0.2) is 32.4 Å². The van der Waals surface area contributed by atoms with Gasteiger partial charge in [-0.05, 0) is 6.92 Å². The number of anilines is 1. The molecule has 0 aliphatic heterocycles. The lowest BCUT2D eigenvalue weighted by Gasteiger charge is -2.03. The minimum absolute atomic E-state index is 0.139. The quantitative estimate of drug-likeness (QED) is 0.741. The Morgan fingerprint density at radius 1 is 1.61 bits per heavy atom. The first-order valence-electron chi connectivity index (χ1n) is 5.47. The van der Waals surface area contributed by atoms with Crippen molar-refractivity contribution in [3.05, 3.63) is 24.1 Å². The second kappa shape index (κ2) is 5.30. The third kappa shape index (κ3) is 3.30. The largest absolute Gasteiger partial charge is 0.396 e. The van der Waals surface area contributed by atoms with Crippen LogP contribution in [0.1, 0.15) is 11.7 Å². The summed E-state index contributed by atoms with van der Waals surface area (Å²) in [5.41, 5.74) is 6.02. The van der Waals surface area contributed by atoms with E-state index in [4.69, 9.17) is 10.3 Å². The van der Waals surface area contributed by atoms with Crippen molar-refractivity contribution in [1.82, 2.24) is 25.2 Å². The molecule has 2 aromatic heterocycles. The van der Waals surface area contributed by atoms with E-state index in [1.54, 1.807) is 13.1 Å². The zero-order chi connectivity index (χ0) is 13.0. The number of nitrogens with one attached hydrogen (secondary N) is 1. The summed E-state index contributed by atoms with van der Waals surface area (Å²) >= 11 is 0. The molecule has 0 bridgehead atoms. The van der Waals surface area contributed by atoms with E-state index >= 15 is 0 Å². The first-order valence-corrected chi connectivity index (χ1v) is 5.47. The third-order valence-corrected chi connectivity index (χ3v) is 2.19. The van der Waals surface area contributed by atoms with Crippen molar-refractivity contribution in [1.29, 1.82) is 0 Å². The van der Waals surface area contributed by atoms with Crippen LogP contribution in [0.2, 0.25) is 0 Å². The summed E-state index contributed by atoms with van der Waals surface area (Å²) in [4.78, 5) is 15.6. The predicted molar refractivity (Wildman–Crippen MR) is 62.4 cm³/mol. The summed E-state index contributed by atoms with van der Waals surface area (Å²) in [6, 6.07) is 0. The van der Waals surface area contributed by atoms with Crippen LogP contribution in [0.15, 0.2) is 16.9 Å². The molecular weight excluding hydrogens is 236 g/mol. The second-order valence-electron chi connectivity index (χ2n) is 3.81. The van der Waals surface area contributed by atoms with Gasteiger partial charge in [0.05, 0.1) is 11.9 Å². The van der Waals surface area contributed by atoms with E-state index in [1.807, 2.05) is 0 Å². The summed E-state index contributed by atoms with van der Waals surface area (Å²) in [7, 11) is 0. The van der Waals surface area contributed by atoms with Crippen molar-refractivity contribution in [2.75, 3.05) is 12.3 Å². The molecule has 0 saturated carbocycles.